The highest BCUT2D eigenvalue weighted by molar-refractivity contribution is 5.81. The second-order valence-corrected chi connectivity index (χ2v) is 7.33. The Morgan fingerprint density at radius 3 is 2.09 bits per heavy atom. The number of nitrogens with one attached hydrogen (secondary N) is 1. The fraction of sp³-hybridized carbons (Fsp3) is 0.632. The van der Waals surface area contributed by atoms with Crippen molar-refractivity contribution in [1.82, 2.24) is 5.32 Å². The molecule has 0 heterocycles. The smallest absolute Gasteiger partial charge is 0.261 e. The Bertz CT molecular complexity index is 471. The van der Waals surface area contributed by atoms with Gasteiger partial charge in [-0.15, -0.1) is 0 Å². The Labute approximate surface area is 135 Å². The predicted octanol–water partition coefficient (Wildman–Crippen LogP) is 4.30. The Hall–Kier alpha value is -1.51. The summed E-state index contributed by atoms with van der Waals surface area (Å²) in [6, 6.07) is 8.17. The molecule has 0 aromatic heterocycles. The van der Waals surface area contributed by atoms with E-state index in [-0.39, 0.29) is 17.4 Å². The highest BCUT2D eigenvalue weighted by Crippen LogP contribution is 2.24. The second-order valence-electron chi connectivity index (χ2n) is 7.33. The quantitative estimate of drug-likeness (QED) is 0.851. The number of carbonyl (C=O) groups excluding carboxylic acids is 1. The maximum atomic E-state index is 12.3. The van der Waals surface area contributed by atoms with E-state index in [0.29, 0.717) is 12.3 Å². The number of benzene rings is 1. The Morgan fingerprint density at radius 1 is 1.14 bits per heavy atom. The van der Waals surface area contributed by atoms with Gasteiger partial charge >= 0.3 is 0 Å². The van der Waals surface area contributed by atoms with Gasteiger partial charge in [-0.2, -0.15) is 0 Å². The average Bonchev–Trinajstić information content (AvgIpc) is 2.43. The molecule has 0 unspecified atom stereocenters. The third kappa shape index (κ3) is 5.36. The molecule has 3 heteroatoms. The van der Waals surface area contributed by atoms with Crippen molar-refractivity contribution in [3.63, 3.8) is 0 Å². The van der Waals surface area contributed by atoms with Crippen molar-refractivity contribution < 1.29 is 9.53 Å². The van der Waals surface area contributed by atoms with Gasteiger partial charge in [-0.3, -0.25) is 4.79 Å². The molecule has 2 atom stereocenters. The summed E-state index contributed by atoms with van der Waals surface area (Å²) in [5, 5.41) is 3.02. The SMILES string of the molecule is CC[C@H](Oc1ccc(C(C)(C)C)cc1)C(=O)N[C@@H](C)C(C)C. The molecule has 124 valence electrons. The van der Waals surface area contributed by atoms with Crippen LogP contribution in [0.1, 0.15) is 60.5 Å². The summed E-state index contributed by atoms with van der Waals surface area (Å²) in [5.74, 6) is 1.11. The fourth-order valence-electron chi connectivity index (χ4n) is 2.00. The molecule has 0 aliphatic carbocycles. The first-order chi connectivity index (χ1) is 10.1. The van der Waals surface area contributed by atoms with Crippen LogP contribution in [0.4, 0.5) is 0 Å². The molecule has 1 aromatic carbocycles. The van der Waals surface area contributed by atoms with Crippen molar-refractivity contribution in [2.24, 2.45) is 5.92 Å². The first-order valence-electron chi connectivity index (χ1n) is 8.22. The maximum absolute atomic E-state index is 12.3. The van der Waals surface area contributed by atoms with Crippen LogP contribution >= 0.6 is 0 Å². The van der Waals surface area contributed by atoms with Gasteiger partial charge in [0, 0.05) is 6.04 Å². The van der Waals surface area contributed by atoms with E-state index in [9.17, 15) is 4.79 Å². The first kappa shape index (κ1) is 18.5. The first-order valence-corrected chi connectivity index (χ1v) is 8.22. The van der Waals surface area contributed by atoms with E-state index in [1.54, 1.807) is 0 Å². The molecule has 1 amide bonds. The monoisotopic (exact) mass is 305 g/mol. The van der Waals surface area contributed by atoms with E-state index in [1.165, 1.54) is 5.56 Å². The number of hydrogen-bond acceptors (Lipinski definition) is 2. The summed E-state index contributed by atoms with van der Waals surface area (Å²) in [6.07, 6.45) is 0.208. The van der Waals surface area contributed by atoms with Crippen LogP contribution < -0.4 is 10.1 Å². The second kappa shape index (κ2) is 7.66. The minimum absolute atomic E-state index is 0.0383. The molecule has 0 saturated carbocycles. The summed E-state index contributed by atoms with van der Waals surface area (Å²) < 4.78 is 5.86. The van der Waals surface area contributed by atoms with Crippen LogP contribution in [0.3, 0.4) is 0 Å². The molecule has 0 aliphatic heterocycles. The minimum atomic E-state index is -0.443. The van der Waals surface area contributed by atoms with Gasteiger partial charge in [0.15, 0.2) is 6.10 Å². The highest BCUT2D eigenvalue weighted by atomic mass is 16.5. The number of amides is 1. The molecule has 1 rings (SSSR count). The third-order valence-electron chi connectivity index (χ3n) is 4.03. The standard InChI is InChI=1S/C19H31NO2/c1-8-17(18(21)20-14(4)13(2)3)22-16-11-9-15(10-12-16)19(5,6)7/h9-14,17H,8H2,1-7H3,(H,20,21)/t14-,17-/m0/s1. The molecular weight excluding hydrogens is 274 g/mol. The molecule has 1 N–H and O–H groups in total. The van der Waals surface area contributed by atoms with E-state index < -0.39 is 6.10 Å². The molecule has 0 aliphatic rings. The van der Waals surface area contributed by atoms with E-state index in [1.807, 2.05) is 26.0 Å². The van der Waals surface area contributed by atoms with Crippen LogP contribution in [-0.4, -0.2) is 18.1 Å². The number of rotatable bonds is 6. The van der Waals surface area contributed by atoms with Crippen LogP contribution in [0.15, 0.2) is 24.3 Å². The Balaban J connectivity index is 2.72. The molecule has 0 spiro atoms. The molecule has 3 nitrogen and oxygen atoms in total. The molecule has 0 bridgehead atoms. The van der Waals surface area contributed by atoms with Crippen molar-refractivity contribution in [2.45, 2.75) is 72.4 Å². The Morgan fingerprint density at radius 2 is 1.68 bits per heavy atom. The highest BCUT2D eigenvalue weighted by Gasteiger charge is 2.21. The van der Waals surface area contributed by atoms with Gasteiger partial charge in [0.25, 0.3) is 5.91 Å². The van der Waals surface area contributed by atoms with Gasteiger partial charge in [-0.1, -0.05) is 53.7 Å². The van der Waals surface area contributed by atoms with Crippen LogP contribution in [0, 0.1) is 5.92 Å². The molecule has 0 radical (unpaired) electrons. The van der Waals surface area contributed by atoms with Crippen molar-refractivity contribution in [3.8, 4) is 5.75 Å². The predicted molar refractivity (Wildman–Crippen MR) is 92.3 cm³/mol. The number of ether oxygens (including phenoxy) is 1. The van der Waals surface area contributed by atoms with Crippen molar-refractivity contribution in [3.05, 3.63) is 29.8 Å². The normalized spacial score (nSPS) is 14.5. The molecule has 1 aromatic rings. The van der Waals surface area contributed by atoms with Crippen LogP contribution in [0.2, 0.25) is 0 Å². The fourth-order valence-corrected chi connectivity index (χ4v) is 2.00. The van der Waals surface area contributed by atoms with Crippen LogP contribution in [0.25, 0.3) is 0 Å². The Kier molecular flexibility index (Phi) is 6.46. The molecule has 22 heavy (non-hydrogen) atoms. The topological polar surface area (TPSA) is 38.3 Å². The van der Waals surface area contributed by atoms with E-state index in [4.69, 9.17) is 4.74 Å². The minimum Gasteiger partial charge on any atom is -0.481 e. The van der Waals surface area contributed by atoms with Gasteiger partial charge in [-0.25, -0.2) is 0 Å². The summed E-state index contributed by atoms with van der Waals surface area (Å²) >= 11 is 0. The number of carbonyl (C=O) groups is 1. The maximum Gasteiger partial charge on any atom is 0.261 e. The molecule has 0 fully saturated rings. The lowest BCUT2D eigenvalue weighted by atomic mass is 9.87. The van der Waals surface area contributed by atoms with Gasteiger partial charge < -0.3 is 10.1 Å². The van der Waals surface area contributed by atoms with Crippen molar-refractivity contribution in [1.29, 1.82) is 0 Å². The van der Waals surface area contributed by atoms with E-state index >= 15 is 0 Å². The summed E-state index contributed by atoms with van der Waals surface area (Å²) in [6.45, 7) is 14.7. The van der Waals surface area contributed by atoms with Crippen LogP contribution in [-0.2, 0) is 10.2 Å². The third-order valence-corrected chi connectivity index (χ3v) is 4.03. The van der Waals surface area contributed by atoms with Gasteiger partial charge in [0.2, 0.25) is 0 Å². The zero-order chi connectivity index (χ0) is 16.9. The van der Waals surface area contributed by atoms with Crippen LogP contribution in [0.5, 0.6) is 5.75 Å². The van der Waals surface area contributed by atoms with Gasteiger partial charge in [0.1, 0.15) is 5.75 Å². The molecular formula is C19H31NO2. The molecule has 0 saturated heterocycles. The van der Waals surface area contributed by atoms with Gasteiger partial charge in [-0.05, 0) is 42.4 Å². The van der Waals surface area contributed by atoms with Gasteiger partial charge in [0.05, 0.1) is 0 Å². The van der Waals surface area contributed by atoms with E-state index in [0.717, 1.165) is 5.75 Å². The number of hydrogen-bond donors (Lipinski definition) is 1. The van der Waals surface area contributed by atoms with E-state index in [2.05, 4.69) is 52.1 Å². The lowest BCUT2D eigenvalue weighted by molar-refractivity contribution is -0.129. The summed E-state index contributed by atoms with van der Waals surface area (Å²) in [7, 11) is 0. The van der Waals surface area contributed by atoms with Crippen molar-refractivity contribution in [2.75, 3.05) is 0 Å². The lowest BCUT2D eigenvalue weighted by Gasteiger charge is -2.23. The zero-order valence-corrected chi connectivity index (χ0v) is 15.1. The lowest BCUT2D eigenvalue weighted by Crippen LogP contribution is -2.44. The average molecular weight is 305 g/mol. The van der Waals surface area contributed by atoms with Crippen molar-refractivity contribution >= 4 is 5.91 Å². The summed E-state index contributed by atoms with van der Waals surface area (Å²) in [4.78, 5) is 12.3. The largest absolute Gasteiger partial charge is 0.481 e. The summed E-state index contributed by atoms with van der Waals surface area (Å²) in [5.41, 5.74) is 1.37. The zero-order valence-electron chi connectivity index (χ0n) is 15.1.